The summed E-state index contributed by atoms with van der Waals surface area (Å²) in [6.45, 7) is 7.48. The van der Waals surface area contributed by atoms with Crippen LogP contribution in [0.3, 0.4) is 0 Å². The number of hydrogen-bond donors (Lipinski definition) is 0. The third kappa shape index (κ3) is 2.03. The molecule has 0 amide bonds. The molecule has 0 N–H and O–H groups in total. The van der Waals surface area contributed by atoms with Gasteiger partial charge in [-0.15, -0.1) is 0 Å². The molecule has 2 saturated carbocycles. The summed E-state index contributed by atoms with van der Waals surface area (Å²) < 4.78 is 11.8. The number of fused-ring (bicyclic) bond motifs is 1. The van der Waals surface area contributed by atoms with E-state index in [0.717, 1.165) is 12.8 Å². The van der Waals surface area contributed by atoms with Crippen molar-refractivity contribution in [3.63, 3.8) is 0 Å². The van der Waals surface area contributed by atoms with E-state index in [1.54, 1.807) is 0 Å². The van der Waals surface area contributed by atoms with Gasteiger partial charge in [0.05, 0.1) is 12.2 Å². The molecule has 0 unspecified atom stereocenters. The normalized spacial score (nSPS) is 33.0. The molecule has 2 nitrogen and oxygen atoms in total. The van der Waals surface area contributed by atoms with Gasteiger partial charge in [0.2, 0.25) is 0 Å². The Hall–Kier alpha value is -1.12. The van der Waals surface area contributed by atoms with Crippen molar-refractivity contribution in [3.05, 3.63) is 48.0 Å². The summed E-state index contributed by atoms with van der Waals surface area (Å²) in [5.74, 6) is 0. The van der Waals surface area contributed by atoms with E-state index in [-0.39, 0.29) is 5.60 Å². The highest BCUT2D eigenvalue weighted by Crippen LogP contribution is 2.64. The number of benzene rings is 1. The molecule has 0 spiro atoms. The highest BCUT2D eigenvalue weighted by molar-refractivity contribution is 5.34. The van der Waals surface area contributed by atoms with Gasteiger partial charge in [-0.2, -0.15) is 0 Å². The van der Waals surface area contributed by atoms with Crippen molar-refractivity contribution >= 4 is 0 Å². The van der Waals surface area contributed by atoms with Crippen molar-refractivity contribution in [1.82, 2.24) is 0 Å². The lowest BCUT2D eigenvalue weighted by molar-refractivity contribution is -0.193. The fraction of sp³-hybridized carbons (Fsp3) is 0.529. The number of ether oxygens (including phenoxy) is 2. The maximum absolute atomic E-state index is 6.10. The van der Waals surface area contributed by atoms with Crippen LogP contribution in [0.1, 0.15) is 38.2 Å². The topological polar surface area (TPSA) is 18.5 Å². The zero-order valence-corrected chi connectivity index (χ0v) is 11.7. The standard InChI is InChI=1S/C17H22O2/c1-14-11-16(2)9-6-10-17(14,16)19-13-18-12-15-7-4-3-5-8-15/h3-5,7-8H,1,6,9-13H2,2H3/t16-,17-/m1/s1. The van der Waals surface area contributed by atoms with Gasteiger partial charge < -0.3 is 9.47 Å². The Labute approximate surface area is 115 Å². The van der Waals surface area contributed by atoms with E-state index in [2.05, 4.69) is 25.6 Å². The Bertz CT molecular complexity index is 467. The molecule has 0 aromatic heterocycles. The van der Waals surface area contributed by atoms with Gasteiger partial charge in [-0.1, -0.05) is 43.8 Å². The van der Waals surface area contributed by atoms with E-state index in [0.29, 0.717) is 18.8 Å². The van der Waals surface area contributed by atoms with Crippen LogP contribution in [0.4, 0.5) is 0 Å². The molecule has 2 aliphatic rings. The summed E-state index contributed by atoms with van der Waals surface area (Å²) in [5, 5.41) is 0. The van der Waals surface area contributed by atoms with Crippen LogP contribution in [0.25, 0.3) is 0 Å². The quantitative estimate of drug-likeness (QED) is 0.450. The molecular weight excluding hydrogens is 236 g/mol. The summed E-state index contributed by atoms with van der Waals surface area (Å²) >= 11 is 0. The van der Waals surface area contributed by atoms with Crippen molar-refractivity contribution in [2.45, 2.75) is 44.8 Å². The largest absolute Gasteiger partial charge is 0.351 e. The van der Waals surface area contributed by atoms with Gasteiger partial charge in [0.1, 0.15) is 6.79 Å². The molecule has 19 heavy (non-hydrogen) atoms. The molecule has 0 radical (unpaired) electrons. The van der Waals surface area contributed by atoms with Gasteiger partial charge >= 0.3 is 0 Å². The highest BCUT2D eigenvalue weighted by Gasteiger charge is 2.62. The van der Waals surface area contributed by atoms with Crippen molar-refractivity contribution in [2.75, 3.05) is 6.79 Å². The van der Waals surface area contributed by atoms with Crippen LogP contribution >= 0.6 is 0 Å². The summed E-state index contributed by atoms with van der Waals surface area (Å²) in [5.41, 5.74) is 2.66. The van der Waals surface area contributed by atoms with Gasteiger partial charge in [-0.3, -0.25) is 0 Å². The van der Waals surface area contributed by atoms with Gasteiger partial charge in [-0.25, -0.2) is 0 Å². The van der Waals surface area contributed by atoms with E-state index in [4.69, 9.17) is 9.47 Å². The summed E-state index contributed by atoms with van der Waals surface area (Å²) in [6, 6.07) is 10.2. The Morgan fingerprint density at radius 2 is 2.00 bits per heavy atom. The van der Waals surface area contributed by atoms with Crippen molar-refractivity contribution in [2.24, 2.45) is 5.41 Å². The SMILES string of the molecule is C=C1C[C@@]2(C)CCC[C@@]12OCOCc1ccccc1. The first-order valence-corrected chi connectivity index (χ1v) is 7.10. The Kier molecular flexibility index (Phi) is 3.23. The lowest BCUT2D eigenvalue weighted by atomic mass is 9.57. The van der Waals surface area contributed by atoms with Crippen LogP contribution in [-0.2, 0) is 16.1 Å². The zero-order chi connectivity index (χ0) is 13.3. The maximum Gasteiger partial charge on any atom is 0.148 e. The predicted molar refractivity (Wildman–Crippen MR) is 75.6 cm³/mol. The first kappa shape index (κ1) is 12.9. The number of rotatable bonds is 5. The summed E-state index contributed by atoms with van der Waals surface area (Å²) in [6.07, 6.45) is 4.72. The van der Waals surface area contributed by atoms with Crippen LogP contribution in [0, 0.1) is 5.41 Å². The summed E-state index contributed by atoms with van der Waals surface area (Å²) in [4.78, 5) is 0. The monoisotopic (exact) mass is 258 g/mol. The fourth-order valence-electron chi connectivity index (χ4n) is 3.80. The molecule has 102 valence electrons. The van der Waals surface area contributed by atoms with Gasteiger partial charge in [-0.05, 0) is 36.8 Å². The zero-order valence-electron chi connectivity index (χ0n) is 11.7. The average Bonchev–Trinajstić information content (AvgIpc) is 2.68. The minimum absolute atomic E-state index is 0.0936. The maximum atomic E-state index is 6.10. The highest BCUT2D eigenvalue weighted by atomic mass is 16.7. The average molecular weight is 258 g/mol. The summed E-state index contributed by atoms with van der Waals surface area (Å²) in [7, 11) is 0. The molecule has 1 aromatic rings. The predicted octanol–water partition coefficient (Wildman–Crippen LogP) is 4.07. The molecule has 2 fully saturated rings. The molecular formula is C17H22O2. The lowest BCUT2D eigenvalue weighted by Gasteiger charge is -2.55. The Morgan fingerprint density at radius 1 is 1.21 bits per heavy atom. The molecule has 0 saturated heterocycles. The van der Waals surface area contributed by atoms with Crippen molar-refractivity contribution in [3.8, 4) is 0 Å². The molecule has 0 aliphatic heterocycles. The smallest absolute Gasteiger partial charge is 0.148 e. The first-order valence-electron chi connectivity index (χ1n) is 7.10. The third-order valence-corrected chi connectivity index (χ3v) is 4.91. The molecule has 2 atom stereocenters. The molecule has 2 heteroatoms. The van der Waals surface area contributed by atoms with Gasteiger partial charge in [0, 0.05) is 5.41 Å². The van der Waals surface area contributed by atoms with Crippen molar-refractivity contribution in [1.29, 1.82) is 0 Å². The number of hydrogen-bond acceptors (Lipinski definition) is 2. The fourth-order valence-corrected chi connectivity index (χ4v) is 3.80. The molecule has 2 aliphatic carbocycles. The second-order valence-corrected chi connectivity index (χ2v) is 6.12. The minimum atomic E-state index is -0.0936. The molecule has 0 bridgehead atoms. The van der Waals surface area contributed by atoms with Crippen LogP contribution in [-0.4, -0.2) is 12.4 Å². The van der Waals surface area contributed by atoms with E-state index >= 15 is 0 Å². The molecule has 3 rings (SSSR count). The van der Waals surface area contributed by atoms with E-state index in [1.165, 1.54) is 24.0 Å². The van der Waals surface area contributed by atoms with Crippen LogP contribution in [0.15, 0.2) is 42.5 Å². The van der Waals surface area contributed by atoms with Gasteiger partial charge in [0.15, 0.2) is 0 Å². The first-order chi connectivity index (χ1) is 9.16. The van der Waals surface area contributed by atoms with Crippen molar-refractivity contribution < 1.29 is 9.47 Å². The molecule has 1 aromatic carbocycles. The van der Waals surface area contributed by atoms with E-state index in [9.17, 15) is 0 Å². The van der Waals surface area contributed by atoms with Crippen LogP contribution in [0.5, 0.6) is 0 Å². The van der Waals surface area contributed by atoms with E-state index in [1.807, 2.05) is 18.2 Å². The second-order valence-electron chi connectivity index (χ2n) is 6.12. The van der Waals surface area contributed by atoms with E-state index < -0.39 is 0 Å². The van der Waals surface area contributed by atoms with Crippen LogP contribution in [0.2, 0.25) is 0 Å². The lowest BCUT2D eigenvalue weighted by Crippen LogP contribution is -2.55. The van der Waals surface area contributed by atoms with Gasteiger partial charge in [0.25, 0.3) is 0 Å². The van der Waals surface area contributed by atoms with Crippen LogP contribution < -0.4 is 0 Å². The third-order valence-electron chi connectivity index (χ3n) is 4.91. The second kappa shape index (κ2) is 4.77. The Morgan fingerprint density at radius 3 is 2.68 bits per heavy atom. The molecule has 0 heterocycles. The minimum Gasteiger partial charge on any atom is -0.351 e. The Balaban J connectivity index is 1.51.